The minimum atomic E-state index is -0.509. The van der Waals surface area contributed by atoms with Crippen LogP contribution in [0.25, 0.3) is 6.08 Å². The van der Waals surface area contributed by atoms with E-state index in [-0.39, 0.29) is 41.4 Å². The summed E-state index contributed by atoms with van der Waals surface area (Å²) in [7, 11) is 0. The second-order valence-corrected chi connectivity index (χ2v) is 10.9. The topological polar surface area (TPSA) is 77.3 Å². The third-order valence-corrected chi connectivity index (χ3v) is 7.68. The van der Waals surface area contributed by atoms with Crippen molar-refractivity contribution in [1.82, 2.24) is 15.0 Å². The van der Waals surface area contributed by atoms with Crippen LogP contribution < -0.4 is 9.64 Å². The average molecular weight is 663 g/mol. The van der Waals surface area contributed by atoms with Crippen molar-refractivity contribution in [1.29, 1.82) is 0 Å². The van der Waals surface area contributed by atoms with Crippen molar-refractivity contribution in [3.8, 4) is 5.75 Å². The molecule has 7 nitrogen and oxygen atoms in total. The zero-order valence-corrected chi connectivity index (χ0v) is 26.8. The molecule has 1 amide bonds. The molecule has 3 aromatic carbocycles. The van der Waals surface area contributed by atoms with E-state index in [0.717, 1.165) is 29.7 Å². The van der Waals surface area contributed by atoms with Gasteiger partial charge >= 0.3 is 0 Å². The number of para-hydroxylation sites is 1. The van der Waals surface area contributed by atoms with Crippen LogP contribution in [0.15, 0.2) is 157 Å². The number of ketones is 1. The van der Waals surface area contributed by atoms with Gasteiger partial charge in [0.05, 0.1) is 12.2 Å². The zero-order valence-electron chi connectivity index (χ0n) is 25.7. The number of amides is 1. The van der Waals surface area contributed by atoms with Crippen LogP contribution in [-0.2, 0) is 28.5 Å². The van der Waals surface area contributed by atoms with Gasteiger partial charge in [-0.25, -0.2) is 4.68 Å². The van der Waals surface area contributed by atoms with Gasteiger partial charge in [0.25, 0.3) is 5.91 Å². The number of benzene rings is 3. The first-order chi connectivity index (χ1) is 22.7. The monoisotopic (exact) mass is 662 g/mol. The first-order valence-electron chi connectivity index (χ1n) is 15.3. The molecule has 0 saturated carbocycles. The molecule has 1 unspecified atom stereocenters. The molecule has 1 saturated heterocycles. The molecule has 1 aliphatic heterocycles. The van der Waals surface area contributed by atoms with Crippen LogP contribution >= 0.6 is 0 Å². The molecular formula is C39H34FeN4O3. The van der Waals surface area contributed by atoms with Crippen LogP contribution in [0.5, 0.6) is 5.75 Å². The van der Waals surface area contributed by atoms with Gasteiger partial charge in [-0.1, -0.05) is 115 Å². The second-order valence-electron chi connectivity index (χ2n) is 10.9. The number of allylic oxidation sites excluding steroid dienone is 10. The van der Waals surface area contributed by atoms with Crippen LogP contribution in [-0.4, -0.2) is 32.7 Å². The number of hydrogen-bond donors (Lipinski definition) is 0. The minimum absolute atomic E-state index is 0. The van der Waals surface area contributed by atoms with Crippen molar-refractivity contribution >= 4 is 23.5 Å². The largest absolute Gasteiger partial charge is 0.487 e. The molecule has 1 aromatic heterocycles. The standard InChI is InChI=1S/C34H28N4O3.C5H6.Fe/c39-32(22-16-26-11-7-8-12-26)27-17-19-30(20-18-27)41-24-28-23-37(36-35-28)33-31(21-15-25-9-3-1-4-10-25)38(34(33)40)29-13-5-2-6-14-29;1-2-4-5-3-1;/h1-7,9-23,31,33H,8,24H2;1-4H,5H2;/b21-15+,22-16+;;/t31-,33?;;/m1../s1. The van der Waals surface area contributed by atoms with Crippen molar-refractivity contribution in [3.05, 3.63) is 174 Å². The Kier molecular flexibility index (Phi) is 11.5. The number of hydrogen-bond acceptors (Lipinski definition) is 5. The van der Waals surface area contributed by atoms with Crippen LogP contribution in [0.2, 0.25) is 0 Å². The van der Waals surface area contributed by atoms with Crippen molar-refractivity contribution < 1.29 is 31.4 Å². The molecule has 1 fully saturated rings. The molecule has 0 bridgehead atoms. The number of carbonyl (C=O) groups excluding carboxylic acids is 2. The first kappa shape index (κ1) is 33.1. The Bertz CT molecular complexity index is 1830. The molecule has 4 aromatic rings. The van der Waals surface area contributed by atoms with Gasteiger partial charge in [0.2, 0.25) is 0 Å². The predicted molar refractivity (Wildman–Crippen MR) is 181 cm³/mol. The van der Waals surface area contributed by atoms with Gasteiger partial charge in [0, 0.05) is 28.3 Å². The van der Waals surface area contributed by atoms with E-state index in [4.69, 9.17) is 4.74 Å². The van der Waals surface area contributed by atoms with E-state index in [1.807, 2.05) is 85.0 Å². The predicted octanol–water partition coefficient (Wildman–Crippen LogP) is 7.65. The van der Waals surface area contributed by atoms with Gasteiger partial charge < -0.3 is 9.64 Å². The summed E-state index contributed by atoms with van der Waals surface area (Å²) < 4.78 is 7.50. The number of rotatable bonds is 10. The third-order valence-electron chi connectivity index (χ3n) is 7.68. The Morgan fingerprint density at radius 1 is 0.872 bits per heavy atom. The Morgan fingerprint density at radius 3 is 2.26 bits per heavy atom. The Morgan fingerprint density at radius 2 is 1.60 bits per heavy atom. The second kappa shape index (κ2) is 16.3. The zero-order chi connectivity index (χ0) is 31.6. The fourth-order valence-corrected chi connectivity index (χ4v) is 5.27. The third kappa shape index (κ3) is 8.50. The summed E-state index contributed by atoms with van der Waals surface area (Å²) in [6.07, 6.45) is 25.7. The maximum Gasteiger partial charge on any atom is 0.255 e. The molecule has 2 aliphatic carbocycles. The number of β-lactam (4-membered cyclic amide) rings is 1. The van der Waals surface area contributed by atoms with E-state index < -0.39 is 6.04 Å². The summed E-state index contributed by atoms with van der Waals surface area (Å²) in [5.41, 5.74) is 4.12. The Labute approximate surface area is 285 Å². The summed E-state index contributed by atoms with van der Waals surface area (Å²) in [4.78, 5) is 27.5. The van der Waals surface area contributed by atoms with Crippen molar-refractivity contribution in [3.63, 3.8) is 0 Å². The molecule has 47 heavy (non-hydrogen) atoms. The number of anilines is 1. The van der Waals surface area contributed by atoms with Gasteiger partial charge in [0.15, 0.2) is 11.8 Å². The van der Waals surface area contributed by atoms with E-state index in [1.54, 1.807) is 46.1 Å². The summed E-state index contributed by atoms with van der Waals surface area (Å²) in [6.45, 7) is 0.182. The fourth-order valence-electron chi connectivity index (χ4n) is 5.27. The summed E-state index contributed by atoms with van der Waals surface area (Å²) >= 11 is 0. The van der Waals surface area contributed by atoms with E-state index in [0.29, 0.717) is 17.0 Å². The number of ether oxygens (including phenoxy) is 1. The van der Waals surface area contributed by atoms with E-state index in [2.05, 4.69) is 46.8 Å². The minimum Gasteiger partial charge on any atom is -0.487 e. The quantitative estimate of drug-likeness (QED) is 0.0755. The van der Waals surface area contributed by atoms with Crippen LogP contribution in [0.4, 0.5) is 5.69 Å². The van der Waals surface area contributed by atoms with E-state index in [9.17, 15) is 9.59 Å². The van der Waals surface area contributed by atoms with Gasteiger partial charge in [-0.15, -0.1) is 5.10 Å². The SMILES string of the molecule is C1=CCC=C1.O=C(/C=C/C1=CCC=C1)c1ccc(OCc2cn(C3C(=O)N(c4ccccc4)[C@@H]3/C=C/c3ccccc3)nn2)cc1.[Fe]. The van der Waals surface area contributed by atoms with Gasteiger partial charge in [-0.05, 0) is 66.5 Å². The molecule has 2 heterocycles. The number of nitrogens with zero attached hydrogens (tertiary/aromatic N) is 4. The average Bonchev–Trinajstić information content (AvgIpc) is 3.92. The van der Waals surface area contributed by atoms with Crippen molar-refractivity contribution in [2.24, 2.45) is 0 Å². The Hall–Kier alpha value is -5.30. The molecule has 236 valence electrons. The number of carbonyl (C=O) groups is 2. The molecule has 3 aliphatic rings. The molecule has 0 radical (unpaired) electrons. The molecule has 0 spiro atoms. The normalized spacial score (nSPS) is 17.7. The molecule has 7 rings (SSSR count). The smallest absolute Gasteiger partial charge is 0.255 e. The maximum atomic E-state index is 13.3. The van der Waals surface area contributed by atoms with E-state index in [1.165, 1.54) is 0 Å². The molecule has 2 atom stereocenters. The molecule has 8 heteroatoms. The summed E-state index contributed by atoms with van der Waals surface area (Å²) in [5.74, 6) is 0.497. The van der Waals surface area contributed by atoms with Crippen molar-refractivity contribution in [2.45, 2.75) is 31.5 Å². The first-order valence-corrected chi connectivity index (χ1v) is 15.3. The maximum absolute atomic E-state index is 13.3. The van der Waals surface area contributed by atoms with Crippen molar-refractivity contribution in [2.75, 3.05) is 4.90 Å². The van der Waals surface area contributed by atoms with Crippen LogP contribution in [0.1, 0.15) is 40.5 Å². The van der Waals surface area contributed by atoms with Crippen LogP contribution in [0, 0.1) is 0 Å². The van der Waals surface area contributed by atoms with Gasteiger partial charge in [0.1, 0.15) is 18.1 Å². The number of aromatic nitrogens is 3. The van der Waals surface area contributed by atoms with Gasteiger partial charge in [-0.3, -0.25) is 9.59 Å². The van der Waals surface area contributed by atoms with Crippen LogP contribution in [0.3, 0.4) is 0 Å². The fraction of sp³-hybridized carbons (Fsp3) is 0.128. The van der Waals surface area contributed by atoms with E-state index >= 15 is 0 Å². The summed E-state index contributed by atoms with van der Waals surface area (Å²) in [5, 5.41) is 8.51. The van der Waals surface area contributed by atoms with Gasteiger partial charge in [-0.2, -0.15) is 0 Å². The molecule has 0 N–H and O–H groups in total. The summed E-state index contributed by atoms with van der Waals surface area (Å²) in [6, 6.07) is 25.9. The Balaban J connectivity index is 0.000000662. The molecular weight excluding hydrogens is 628 g/mol.